The van der Waals surface area contributed by atoms with Gasteiger partial charge in [-0.15, -0.1) is 0 Å². The van der Waals surface area contributed by atoms with Crippen LogP contribution >= 0.6 is 0 Å². The van der Waals surface area contributed by atoms with Gasteiger partial charge in [-0.25, -0.2) is 19.9 Å². The molecular formula is C52H34N4O2. The zero-order valence-corrected chi connectivity index (χ0v) is 31.8. The molecule has 0 aliphatic rings. The summed E-state index contributed by atoms with van der Waals surface area (Å²) in [5.74, 6) is 8.30. The summed E-state index contributed by atoms with van der Waals surface area (Å²) in [5, 5.41) is 4.19. The molecule has 0 aliphatic carbocycles. The number of rotatable bonds is 6. The molecule has 0 saturated carbocycles. The van der Waals surface area contributed by atoms with Crippen molar-refractivity contribution in [1.82, 2.24) is 19.9 Å². The number of nitrogens with zero attached hydrogens (tertiary/aromatic N) is 4. The summed E-state index contributed by atoms with van der Waals surface area (Å²) in [7, 11) is 3.34. The number of methoxy groups -OCH3 is 2. The van der Waals surface area contributed by atoms with E-state index in [-0.39, 0.29) is 0 Å². The molecule has 0 spiro atoms. The number of aromatic nitrogens is 4. The molecule has 10 rings (SSSR count). The van der Waals surface area contributed by atoms with E-state index in [0.717, 1.165) is 111 Å². The second kappa shape index (κ2) is 14.6. The lowest BCUT2D eigenvalue weighted by Gasteiger charge is -2.09. The Morgan fingerprint density at radius 3 is 0.793 bits per heavy atom. The van der Waals surface area contributed by atoms with E-state index in [4.69, 9.17) is 29.4 Å². The van der Waals surface area contributed by atoms with E-state index in [1.807, 2.05) is 72.8 Å². The van der Waals surface area contributed by atoms with E-state index in [2.05, 4.69) is 109 Å². The van der Waals surface area contributed by atoms with Gasteiger partial charge in [0.1, 0.15) is 11.5 Å². The van der Waals surface area contributed by atoms with Crippen molar-refractivity contribution in [3.8, 4) is 68.4 Å². The monoisotopic (exact) mass is 746 g/mol. The standard InChI is InChI=1S/C52H34N4O2/c1-57-43-25-17-37(18-26-43)47-31-23-41-15-13-39-21-29-45(53-49(39)51(41)55-47)35-9-5-33(6-10-35)3-4-34-7-11-36(12-8-34)46-30-22-40-14-16-42-24-32-48(56-52(42)50(40)54-46)38-19-27-44(58-2)28-20-38/h5-32H,1-2H3. The van der Waals surface area contributed by atoms with Crippen molar-refractivity contribution in [1.29, 1.82) is 0 Å². The van der Waals surface area contributed by atoms with Crippen LogP contribution in [0, 0.1) is 11.8 Å². The van der Waals surface area contributed by atoms with Crippen LogP contribution in [0.1, 0.15) is 11.1 Å². The Labute approximate surface area is 335 Å². The maximum Gasteiger partial charge on any atom is 0.118 e. The van der Waals surface area contributed by atoms with Crippen molar-refractivity contribution in [2.24, 2.45) is 0 Å². The van der Waals surface area contributed by atoms with Gasteiger partial charge in [-0.05, 0) is 97.1 Å². The lowest BCUT2D eigenvalue weighted by atomic mass is 10.0. The third kappa shape index (κ3) is 6.61. The van der Waals surface area contributed by atoms with E-state index < -0.39 is 0 Å². The molecule has 6 aromatic carbocycles. The fourth-order valence-electron chi connectivity index (χ4n) is 7.30. The highest BCUT2D eigenvalue weighted by atomic mass is 16.5. The Hall–Kier alpha value is -7.88. The second-order valence-corrected chi connectivity index (χ2v) is 14.1. The van der Waals surface area contributed by atoms with Gasteiger partial charge in [-0.2, -0.15) is 0 Å². The van der Waals surface area contributed by atoms with E-state index in [1.165, 1.54) is 0 Å². The van der Waals surface area contributed by atoms with Crippen LogP contribution in [0.4, 0.5) is 0 Å². The van der Waals surface area contributed by atoms with Crippen LogP contribution in [0.25, 0.3) is 88.6 Å². The fraction of sp³-hybridized carbons (Fsp3) is 0.0385. The van der Waals surface area contributed by atoms with Gasteiger partial charge in [0.2, 0.25) is 0 Å². The molecule has 0 aliphatic heterocycles. The molecule has 6 nitrogen and oxygen atoms in total. The average molecular weight is 747 g/mol. The second-order valence-electron chi connectivity index (χ2n) is 14.1. The molecule has 0 saturated heterocycles. The smallest absolute Gasteiger partial charge is 0.118 e. The molecule has 58 heavy (non-hydrogen) atoms. The van der Waals surface area contributed by atoms with Crippen LogP contribution in [0.15, 0.2) is 170 Å². The van der Waals surface area contributed by atoms with Crippen LogP contribution in [-0.4, -0.2) is 34.2 Å². The van der Waals surface area contributed by atoms with Gasteiger partial charge in [-0.3, -0.25) is 0 Å². The van der Waals surface area contributed by atoms with E-state index >= 15 is 0 Å². The summed E-state index contributed by atoms with van der Waals surface area (Å²) in [6.45, 7) is 0. The summed E-state index contributed by atoms with van der Waals surface area (Å²) in [4.78, 5) is 20.4. The Bertz CT molecular complexity index is 3000. The number of ether oxygens (including phenoxy) is 2. The van der Waals surface area contributed by atoms with Crippen LogP contribution in [-0.2, 0) is 0 Å². The maximum absolute atomic E-state index is 5.34. The Morgan fingerprint density at radius 1 is 0.293 bits per heavy atom. The molecule has 4 heterocycles. The molecule has 6 heteroatoms. The topological polar surface area (TPSA) is 70.0 Å². The lowest BCUT2D eigenvalue weighted by Crippen LogP contribution is -1.91. The first kappa shape index (κ1) is 34.6. The Balaban J connectivity index is 0.889. The Kier molecular flexibility index (Phi) is 8.74. The maximum atomic E-state index is 5.34. The molecule has 4 aromatic heterocycles. The zero-order valence-electron chi connectivity index (χ0n) is 31.8. The molecule has 0 bridgehead atoms. The SMILES string of the molecule is COc1ccc(-c2ccc3ccc4ccc(-c5ccc(C#Cc6ccc(-c7ccc8ccc9ccc(-c%10ccc(OC)cc%10)nc9c8n7)cc6)cc5)nc4c3n2)cc1. The third-order valence-electron chi connectivity index (χ3n) is 10.5. The summed E-state index contributed by atoms with van der Waals surface area (Å²) in [6, 6.07) is 57.5. The highest BCUT2D eigenvalue weighted by Crippen LogP contribution is 2.31. The zero-order chi connectivity index (χ0) is 39.0. The lowest BCUT2D eigenvalue weighted by molar-refractivity contribution is 0.415. The normalized spacial score (nSPS) is 11.1. The fourth-order valence-corrected chi connectivity index (χ4v) is 7.30. The summed E-state index contributed by atoms with van der Waals surface area (Å²) in [6.07, 6.45) is 0. The minimum atomic E-state index is 0.816. The predicted molar refractivity (Wildman–Crippen MR) is 235 cm³/mol. The third-order valence-corrected chi connectivity index (χ3v) is 10.5. The van der Waals surface area contributed by atoms with Crippen LogP contribution in [0.2, 0.25) is 0 Å². The highest BCUT2D eigenvalue weighted by Gasteiger charge is 2.11. The van der Waals surface area contributed by atoms with Gasteiger partial charge in [0.25, 0.3) is 0 Å². The molecular weight excluding hydrogens is 713 g/mol. The number of fused-ring (bicyclic) bond motifs is 6. The van der Waals surface area contributed by atoms with Crippen LogP contribution in [0.3, 0.4) is 0 Å². The number of pyridine rings is 4. The van der Waals surface area contributed by atoms with Crippen LogP contribution in [0.5, 0.6) is 11.5 Å². The Morgan fingerprint density at radius 2 is 0.534 bits per heavy atom. The number of hydrogen-bond donors (Lipinski definition) is 0. The molecule has 274 valence electrons. The number of hydrogen-bond acceptors (Lipinski definition) is 6. The molecule has 0 amide bonds. The molecule has 0 atom stereocenters. The van der Waals surface area contributed by atoms with Crippen molar-refractivity contribution in [2.45, 2.75) is 0 Å². The highest BCUT2D eigenvalue weighted by molar-refractivity contribution is 6.05. The molecule has 0 fully saturated rings. The van der Waals surface area contributed by atoms with Crippen molar-refractivity contribution < 1.29 is 9.47 Å². The first-order valence-corrected chi connectivity index (χ1v) is 19.0. The number of benzene rings is 6. The van der Waals surface area contributed by atoms with E-state index in [0.29, 0.717) is 0 Å². The largest absolute Gasteiger partial charge is 0.497 e. The van der Waals surface area contributed by atoms with Gasteiger partial charge >= 0.3 is 0 Å². The minimum Gasteiger partial charge on any atom is -0.497 e. The molecule has 0 unspecified atom stereocenters. The van der Waals surface area contributed by atoms with Crippen LogP contribution < -0.4 is 9.47 Å². The van der Waals surface area contributed by atoms with Crippen molar-refractivity contribution in [3.63, 3.8) is 0 Å². The average Bonchev–Trinajstić information content (AvgIpc) is 3.30. The molecule has 0 N–H and O–H groups in total. The van der Waals surface area contributed by atoms with Gasteiger partial charge in [-0.1, -0.05) is 84.6 Å². The summed E-state index contributed by atoms with van der Waals surface area (Å²) >= 11 is 0. The van der Waals surface area contributed by atoms with Gasteiger partial charge in [0.15, 0.2) is 0 Å². The van der Waals surface area contributed by atoms with Crippen molar-refractivity contribution in [2.75, 3.05) is 14.2 Å². The first-order valence-electron chi connectivity index (χ1n) is 19.0. The van der Waals surface area contributed by atoms with Crippen molar-refractivity contribution >= 4 is 43.6 Å². The van der Waals surface area contributed by atoms with Crippen molar-refractivity contribution in [3.05, 3.63) is 181 Å². The van der Waals surface area contributed by atoms with E-state index in [1.54, 1.807) is 14.2 Å². The first-order chi connectivity index (χ1) is 28.6. The van der Waals surface area contributed by atoms with Gasteiger partial charge < -0.3 is 9.47 Å². The van der Waals surface area contributed by atoms with E-state index in [9.17, 15) is 0 Å². The quantitative estimate of drug-likeness (QED) is 0.125. The molecule has 0 radical (unpaired) electrons. The minimum absolute atomic E-state index is 0.816. The van der Waals surface area contributed by atoms with Gasteiger partial charge in [0, 0.05) is 54.9 Å². The molecule has 10 aromatic rings. The van der Waals surface area contributed by atoms with Gasteiger partial charge in [0.05, 0.1) is 59.1 Å². The summed E-state index contributed by atoms with van der Waals surface area (Å²) in [5.41, 5.74) is 13.0. The predicted octanol–water partition coefficient (Wildman–Crippen LogP) is 12.0. The summed E-state index contributed by atoms with van der Waals surface area (Å²) < 4.78 is 10.7.